The molecule has 0 spiro atoms. The summed E-state index contributed by atoms with van der Waals surface area (Å²) in [6.07, 6.45) is 5.70. The predicted octanol–water partition coefficient (Wildman–Crippen LogP) is 1.81. The lowest BCUT2D eigenvalue weighted by Crippen LogP contribution is -2.24. The van der Waals surface area contributed by atoms with Crippen molar-refractivity contribution in [3.05, 3.63) is 35.6 Å². The summed E-state index contributed by atoms with van der Waals surface area (Å²) in [6, 6.07) is 6.28. The first-order valence-electron chi connectivity index (χ1n) is 5.17. The van der Waals surface area contributed by atoms with E-state index in [0.29, 0.717) is 19.5 Å². The molecule has 3 heteroatoms. The van der Waals surface area contributed by atoms with Crippen molar-refractivity contribution in [2.45, 2.75) is 13.0 Å². The fraction of sp³-hybridized carbons (Fsp3) is 0.308. The van der Waals surface area contributed by atoms with E-state index in [1.165, 1.54) is 12.1 Å². The molecule has 1 aliphatic rings. The van der Waals surface area contributed by atoms with Gasteiger partial charge in [-0.25, -0.2) is 4.39 Å². The highest BCUT2D eigenvalue weighted by Gasteiger charge is 2.27. The number of hydrogen-bond acceptors (Lipinski definition) is 1. The van der Waals surface area contributed by atoms with Gasteiger partial charge in [0.1, 0.15) is 5.82 Å². The number of nitrogens with zero attached hydrogens (tertiary/aromatic N) is 1. The summed E-state index contributed by atoms with van der Waals surface area (Å²) >= 11 is 0. The summed E-state index contributed by atoms with van der Waals surface area (Å²) in [5.41, 5.74) is 0.797. The van der Waals surface area contributed by atoms with E-state index in [0.717, 1.165) is 5.56 Å². The molecule has 1 unspecified atom stereocenters. The third kappa shape index (κ3) is 2.22. The van der Waals surface area contributed by atoms with Crippen LogP contribution in [0.2, 0.25) is 0 Å². The molecule has 1 saturated heterocycles. The van der Waals surface area contributed by atoms with Gasteiger partial charge >= 0.3 is 0 Å². The van der Waals surface area contributed by atoms with Crippen molar-refractivity contribution in [2.75, 3.05) is 6.54 Å². The summed E-state index contributed by atoms with van der Waals surface area (Å²) < 4.78 is 12.9. The van der Waals surface area contributed by atoms with Crippen molar-refractivity contribution < 1.29 is 9.18 Å². The van der Waals surface area contributed by atoms with Crippen LogP contribution in [-0.4, -0.2) is 17.4 Å². The normalized spacial score (nSPS) is 19.9. The van der Waals surface area contributed by atoms with Gasteiger partial charge in [-0.15, -0.1) is 12.3 Å². The highest BCUT2D eigenvalue weighted by Crippen LogP contribution is 2.19. The van der Waals surface area contributed by atoms with E-state index in [2.05, 4.69) is 5.92 Å². The van der Waals surface area contributed by atoms with Crippen LogP contribution < -0.4 is 0 Å². The summed E-state index contributed by atoms with van der Waals surface area (Å²) in [4.78, 5) is 13.2. The quantitative estimate of drug-likeness (QED) is 0.692. The molecule has 82 valence electrons. The minimum absolute atomic E-state index is 0.000981. The average Bonchev–Trinajstić information content (AvgIpc) is 2.60. The molecule has 2 nitrogen and oxygen atoms in total. The fourth-order valence-corrected chi connectivity index (χ4v) is 1.89. The van der Waals surface area contributed by atoms with E-state index in [-0.39, 0.29) is 17.6 Å². The standard InChI is InChI=1S/C13H12FNO/c1-2-10-7-13(16)15(8-10)9-11-4-3-5-12(14)6-11/h1,3-6,10H,7-9H2. The monoisotopic (exact) mass is 217 g/mol. The Labute approximate surface area is 94.1 Å². The number of terminal acetylenes is 1. The lowest BCUT2D eigenvalue weighted by Gasteiger charge is -2.15. The van der Waals surface area contributed by atoms with Crippen molar-refractivity contribution in [2.24, 2.45) is 5.92 Å². The van der Waals surface area contributed by atoms with Gasteiger partial charge in [-0.2, -0.15) is 0 Å². The van der Waals surface area contributed by atoms with Crippen molar-refractivity contribution in [3.63, 3.8) is 0 Å². The fourth-order valence-electron chi connectivity index (χ4n) is 1.89. The van der Waals surface area contributed by atoms with E-state index in [1.807, 2.05) is 0 Å². The molecule has 0 bridgehead atoms. The Hall–Kier alpha value is -1.82. The molecule has 1 atom stereocenters. The predicted molar refractivity (Wildman–Crippen MR) is 58.8 cm³/mol. The molecular weight excluding hydrogens is 205 g/mol. The van der Waals surface area contributed by atoms with Crippen LogP contribution >= 0.6 is 0 Å². The lowest BCUT2D eigenvalue weighted by atomic mass is 10.1. The Morgan fingerprint density at radius 1 is 1.56 bits per heavy atom. The summed E-state index contributed by atoms with van der Waals surface area (Å²) in [6.45, 7) is 1.01. The van der Waals surface area contributed by atoms with E-state index in [9.17, 15) is 9.18 Å². The minimum Gasteiger partial charge on any atom is -0.337 e. The molecule has 1 heterocycles. The van der Waals surface area contributed by atoms with Crippen LogP contribution in [0.3, 0.4) is 0 Å². The number of amides is 1. The zero-order valence-electron chi connectivity index (χ0n) is 8.82. The number of rotatable bonds is 2. The SMILES string of the molecule is C#CC1CC(=O)N(Cc2cccc(F)c2)C1. The van der Waals surface area contributed by atoms with Gasteiger partial charge in [0, 0.05) is 25.4 Å². The Bertz CT molecular complexity index is 449. The molecule has 0 aromatic heterocycles. The van der Waals surface area contributed by atoms with Gasteiger partial charge < -0.3 is 4.90 Å². The maximum absolute atomic E-state index is 12.9. The maximum atomic E-state index is 12.9. The van der Waals surface area contributed by atoms with E-state index in [4.69, 9.17) is 6.42 Å². The van der Waals surface area contributed by atoms with Gasteiger partial charge in [0.2, 0.25) is 5.91 Å². The van der Waals surface area contributed by atoms with Crippen LogP contribution in [-0.2, 0) is 11.3 Å². The molecule has 1 fully saturated rings. The van der Waals surface area contributed by atoms with Crippen molar-refractivity contribution in [1.29, 1.82) is 0 Å². The van der Waals surface area contributed by atoms with E-state index < -0.39 is 0 Å². The molecule has 1 aliphatic heterocycles. The zero-order chi connectivity index (χ0) is 11.5. The molecule has 0 saturated carbocycles. The summed E-state index contributed by atoms with van der Waals surface area (Å²) in [5.74, 6) is 2.35. The lowest BCUT2D eigenvalue weighted by molar-refractivity contribution is -0.128. The summed E-state index contributed by atoms with van der Waals surface area (Å²) in [5, 5.41) is 0. The Morgan fingerprint density at radius 3 is 3.00 bits per heavy atom. The highest BCUT2D eigenvalue weighted by atomic mass is 19.1. The van der Waals surface area contributed by atoms with Gasteiger partial charge in [-0.3, -0.25) is 4.79 Å². The number of carbonyl (C=O) groups is 1. The van der Waals surface area contributed by atoms with Crippen LogP contribution in [0.5, 0.6) is 0 Å². The van der Waals surface area contributed by atoms with Crippen molar-refractivity contribution in [3.8, 4) is 12.3 Å². The topological polar surface area (TPSA) is 20.3 Å². The number of halogens is 1. The molecule has 1 aromatic rings. The second-order valence-corrected chi connectivity index (χ2v) is 3.97. The van der Waals surface area contributed by atoms with E-state index in [1.54, 1.807) is 17.0 Å². The Balaban J connectivity index is 2.06. The van der Waals surface area contributed by atoms with Crippen LogP contribution in [0.4, 0.5) is 4.39 Å². The minimum atomic E-state index is -0.280. The first kappa shape index (κ1) is 10.7. The number of benzene rings is 1. The molecule has 16 heavy (non-hydrogen) atoms. The highest BCUT2D eigenvalue weighted by molar-refractivity contribution is 5.79. The molecule has 0 aliphatic carbocycles. The number of hydrogen-bond donors (Lipinski definition) is 0. The van der Waals surface area contributed by atoms with Gasteiger partial charge in [0.25, 0.3) is 0 Å². The van der Waals surface area contributed by atoms with Crippen molar-refractivity contribution in [1.82, 2.24) is 4.90 Å². The van der Waals surface area contributed by atoms with Crippen LogP contribution in [0.1, 0.15) is 12.0 Å². The third-order valence-corrected chi connectivity index (χ3v) is 2.71. The molecular formula is C13H12FNO. The first-order valence-corrected chi connectivity index (χ1v) is 5.17. The second-order valence-electron chi connectivity index (χ2n) is 3.97. The van der Waals surface area contributed by atoms with Crippen LogP contribution in [0.15, 0.2) is 24.3 Å². The molecule has 0 radical (unpaired) electrons. The Morgan fingerprint density at radius 2 is 2.38 bits per heavy atom. The van der Waals surface area contributed by atoms with Crippen LogP contribution in [0.25, 0.3) is 0 Å². The largest absolute Gasteiger partial charge is 0.337 e. The number of carbonyl (C=O) groups excluding carboxylic acids is 1. The third-order valence-electron chi connectivity index (χ3n) is 2.71. The summed E-state index contributed by atoms with van der Waals surface area (Å²) in [7, 11) is 0. The van der Waals surface area contributed by atoms with Gasteiger partial charge in [0.05, 0.1) is 0 Å². The molecule has 1 aromatic carbocycles. The maximum Gasteiger partial charge on any atom is 0.224 e. The average molecular weight is 217 g/mol. The smallest absolute Gasteiger partial charge is 0.224 e. The molecule has 2 rings (SSSR count). The van der Waals surface area contributed by atoms with E-state index >= 15 is 0 Å². The Kier molecular flexibility index (Phi) is 2.91. The van der Waals surface area contributed by atoms with Crippen LogP contribution in [0, 0.1) is 24.1 Å². The van der Waals surface area contributed by atoms with Gasteiger partial charge in [-0.1, -0.05) is 12.1 Å². The first-order chi connectivity index (χ1) is 7.69. The van der Waals surface area contributed by atoms with Gasteiger partial charge in [-0.05, 0) is 17.7 Å². The van der Waals surface area contributed by atoms with Gasteiger partial charge in [0.15, 0.2) is 0 Å². The zero-order valence-corrected chi connectivity index (χ0v) is 8.82. The molecule has 1 amide bonds. The van der Waals surface area contributed by atoms with Crippen molar-refractivity contribution >= 4 is 5.91 Å². The second kappa shape index (κ2) is 4.36. The number of likely N-dealkylation sites (tertiary alicyclic amines) is 1. The molecule has 0 N–H and O–H groups in total.